The number of carbonyl (C=O) groups excluding carboxylic acids is 1. The van der Waals surface area contributed by atoms with Gasteiger partial charge in [-0.05, 0) is 43.4 Å². The van der Waals surface area contributed by atoms with Crippen LogP contribution in [-0.4, -0.2) is 42.1 Å². The van der Waals surface area contributed by atoms with Crippen molar-refractivity contribution >= 4 is 11.7 Å². The highest BCUT2D eigenvalue weighted by Crippen LogP contribution is 2.63. The Labute approximate surface area is 154 Å². The number of anilines is 1. The van der Waals surface area contributed by atoms with Crippen molar-refractivity contribution in [2.45, 2.75) is 49.8 Å². The molecule has 1 spiro atoms. The van der Waals surface area contributed by atoms with Crippen molar-refractivity contribution in [3.63, 3.8) is 0 Å². The van der Waals surface area contributed by atoms with E-state index in [1.54, 1.807) is 6.92 Å². The Bertz CT molecular complexity index is 801. The van der Waals surface area contributed by atoms with Crippen LogP contribution in [0.4, 0.5) is 5.69 Å². The molecule has 6 rings (SSSR count). The second-order valence-corrected chi connectivity index (χ2v) is 8.89. The van der Waals surface area contributed by atoms with Gasteiger partial charge in [-0.2, -0.15) is 0 Å². The summed E-state index contributed by atoms with van der Waals surface area (Å²) >= 11 is 0. The SMILES string of the molecule is CC(=O)OC1C2C=CCN3CCC4(c5ccccc5NC4C1C1CC1)C23. The molecule has 3 aliphatic heterocycles. The molecule has 0 radical (unpaired) electrons. The molecule has 2 aliphatic carbocycles. The zero-order valence-electron chi connectivity index (χ0n) is 15.2. The zero-order chi connectivity index (χ0) is 17.5. The van der Waals surface area contributed by atoms with Crippen molar-refractivity contribution in [2.75, 3.05) is 18.4 Å². The molecule has 0 amide bonds. The molecule has 136 valence electrons. The second kappa shape index (κ2) is 5.13. The first-order valence-electron chi connectivity index (χ1n) is 10.1. The maximum absolute atomic E-state index is 12.0. The van der Waals surface area contributed by atoms with Gasteiger partial charge < -0.3 is 10.1 Å². The topological polar surface area (TPSA) is 41.6 Å². The first kappa shape index (κ1) is 15.3. The van der Waals surface area contributed by atoms with Crippen LogP contribution in [0.1, 0.15) is 31.7 Å². The van der Waals surface area contributed by atoms with Gasteiger partial charge in [0.2, 0.25) is 0 Å². The Hall–Kier alpha value is -1.81. The maximum atomic E-state index is 12.0. The first-order chi connectivity index (χ1) is 12.7. The van der Waals surface area contributed by atoms with Gasteiger partial charge in [0, 0.05) is 48.5 Å². The number of benzene rings is 1. The van der Waals surface area contributed by atoms with Crippen molar-refractivity contribution in [2.24, 2.45) is 17.8 Å². The van der Waals surface area contributed by atoms with E-state index in [-0.39, 0.29) is 17.5 Å². The molecule has 3 heterocycles. The van der Waals surface area contributed by atoms with Crippen molar-refractivity contribution in [3.8, 4) is 0 Å². The smallest absolute Gasteiger partial charge is 0.302 e. The molecule has 0 aromatic heterocycles. The Morgan fingerprint density at radius 2 is 2.15 bits per heavy atom. The molecule has 2 saturated carbocycles. The van der Waals surface area contributed by atoms with Gasteiger partial charge in [0.1, 0.15) is 6.10 Å². The maximum Gasteiger partial charge on any atom is 0.302 e. The molecule has 1 aromatic rings. The van der Waals surface area contributed by atoms with Gasteiger partial charge in [-0.25, -0.2) is 0 Å². The van der Waals surface area contributed by atoms with Crippen LogP contribution >= 0.6 is 0 Å². The number of para-hydroxylation sites is 1. The summed E-state index contributed by atoms with van der Waals surface area (Å²) in [4.78, 5) is 14.6. The van der Waals surface area contributed by atoms with Gasteiger partial charge >= 0.3 is 5.97 Å². The summed E-state index contributed by atoms with van der Waals surface area (Å²) in [6, 6.07) is 9.74. The lowest BCUT2D eigenvalue weighted by atomic mass is 9.55. The minimum Gasteiger partial charge on any atom is -0.461 e. The summed E-state index contributed by atoms with van der Waals surface area (Å²) < 4.78 is 6.05. The predicted octanol–water partition coefficient (Wildman–Crippen LogP) is 2.95. The van der Waals surface area contributed by atoms with E-state index in [1.165, 1.54) is 30.5 Å². The van der Waals surface area contributed by atoms with Crippen LogP contribution in [0.2, 0.25) is 0 Å². The van der Waals surface area contributed by atoms with Crippen molar-refractivity contribution in [3.05, 3.63) is 42.0 Å². The van der Waals surface area contributed by atoms with Crippen LogP contribution < -0.4 is 5.32 Å². The molecule has 26 heavy (non-hydrogen) atoms. The van der Waals surface area contributed by atoms with E-state index in [9.17, 15) is 4.79 Å². The summed E-state index contributed by atoms with van der Waals surface area (Å²) in [7, 11) is 0. The van der Waals surface area contributed by atoms with Crippen LogP contribution in [0.3, 0.4) is 0 Å². The van der Waals surface area contributed by atoms with E-state index >= 15 is 0 Å². The number of hydrogen-bond acceptors (Lipinski definition) is 4. The number of nitrogens with one attached hydrogen (secondary N) is 1. The van der Waals surface area contributed by atoms with Crippen LogP contribution in [0.5, 0.6) is 0 Å². The fraction of sp³-hybridized carbons (Fsp3) is 0.591. The minimum absolute atomic E-state index is 0.00193. The molecule has 4 nitrogen and oxygen atoms in total. The summed E-state index contributed by atoms with van der Waals surface area (Å²) in [6.45, 7) is 3.74. The monoisotopic (exact) mass is 350 g/mol. The Kier molecular flexibility index (Phi) is 3.01. The highest BCUT2D eigenvalue weighted by Gasteiger charge is 2.68. The van der Waals surface area contributed by atoms with Crippen LogP contribution in [0, 0.1) is 17.8 Å². The molecular weight excluding hydrogens is 324 g/mol. The van der Waals surface area contributed by atoms with Crippen molar-refractivity contribution in [1.82, 2.24) is 4.90 Å². The first-order valence-corrected chi connectivity index (χ1v) is 10.1. The van der Waals surface area contributed by atoms with Gasteiger partial charge in [0.25, 0.3) is 0 Å². The fourth-order valence-corrected chi connectivity index (χ4v) is 6.85. The third kappa shape index (κ3) is 1.81. The number of hydrogen-bond donors (Lipinski definition) is 1. The summed E-state index contributed by atoms with van der Waals surface area (Å²) in [6.07, 6.45) is 8.43. The number of esters is 1. The van der Waals surface area contributed by atoms with E-state index in [4.69, 9.17) is 4.74 Å². The Balaban J connectivity index is 1.55. The fourth-order valence-electron chi connectivity index (χ4n) is 6.85. The number of carbonyl (C=O) groups is 1. The molecule has 6 unspecified atom stereocenters. The molecule has 1 N–H and O–H groups in total. The normalized spacial score (nSPS) is 42.6. The molecule has 1 saturated heterocycles. The lowest BCUT2D eigenvalue weighted by Crippen LogP contribution is -2.66. The van der Waals surface area contributed by atoms with Crippen molar-refractivity contribution < 1.29 is 9.53 Å². The Morgan fingerprint density at radius 3 is 2.96 bits per heavy atom. The average molecular weight is 350 g/mol. The Morgan fingerprint density at radius 1 is 1.31 bits per heavy atom. The summed E-state index contributed by atoms with van der Waals surface area (Å²) in [5.41, 5.74) is 2.97. The lowest BCUT2D eigenvalue weighted by Gasteiger charge is -2.55. The molecule has 3 fully saturated rings. The van der Waals surface area contributed by atoms with Gasteiger partial charge in [0.05, 0.1) is 0 Å². The molecule has 6 atom stereocenters. The highest BCUT2D eigenvalue weighted by molar-refractivity contribution is 5.68. The average Bonchev–Trinajstić information content (AvgIpc) is 3.32. The van der Waals surface area contributed by atoms with E-state index in [0.717, 1.165) is 13.1 Å². The minimum atomic E-state index is -0.132. The zero-order valence-corrected chi connectivity index (χ0v) is 15.2. The third-order valence-electron chi connectivity index (χ3n) is 7.70. The largest absolute Gasteiger partial charge is 0.461 e. The number of ether oxygens (including phenoxy) is 1. The summed E-state index contributed by atoms with van der Waals surface area (Å²) in [5, 5.41) is 3.92. The van der Waals surface area contributed by atoms with Gasteiger partial charge in [-0.3, -0.25) is 9.69 Å². The molecule has 0 bridgehead atoms. The van der Waals surface area contributed by atoms with Gasteiger partial charge in [-0.15, -0.1) is 0 Å². The van der Waals surface area contributed by atoms with Crippen LogP contribution in [0.15, 0.2) is 36.4 Å². The van der Waals surface area contributed by atoms with E-state index in [1.807, 2.05) is 0 Å². The number of rotatable bonds is 2. The molecule has 1 aromatic carbocycles. The quantitative estimate of drug-likeness (QED) is 0.658. The van der Waals surface area contributed by atoms with E-state index < -0.39 is 0 Å². The van der Waals surface area contributed by atoms with Gasteiger partial charge in [-0.1, -0.05) is 30.4 Å². The summed E-state index contributed by atoms with van der Waals surface area (Å²) in [5.74, 6) is 1.28. The molecule has 5 aliphatic rings. The second-order valence-electron chi connectivity index (χ2n) is 8.89. The van der Waals surface area contributed by atoms with E-state index in [0.29, 0.717) is 29.8 Å². The predicted molar refractivity (Wildman–Crippen MR) is 99.9 cm³/mol. The van der Waals surface area contributed by atoms with Crippen LogP contribution in [-0.2, 0) is 14.9 Å². The van der Waals surface area contributed by atoms with Crippen molar-refractivity contribution in [1.29, 1.82) is 0 Å². The van der Waals surface area contributed by atoms with E-state index in [2.05, 4.69) is 46.6 Å². The van der Waals surface area contributed by atoms with Crippen LogP contribution in [0.25, 0.3) is 0 Å². The van der Waals surface area contributed by atoms with Gasteiger partial charge in [0.15, 0.2) is 0 Å². The lowest BCUT2D eigenvalue weighted by molar-refractivity contribution is -0.159. The highest BCUT2D eigenvalue weighted by atomic mass is 16.5. The molecular formula is C22H26N2O2. The number of fused-ring (bicyclic) bond motifs is 1. The number of nitrogens with zero attached hydrogens (tertiary/aromatic N) is 1. The standard InChI is InChI=1S/C22H26N2O2/c1-13(25)26-19-15-5-4-11-24-12-10-22(21(15)24)16-6-2-3-7-17(16)23-20(22)18(19)14-8-9-14/h2-7,14-15,18-21,23H,8-12H2,1H3. The molecule has 4 heteroatoms. The third-order valence-corrected chi connectivity index (χ3v) is 7.70.